The Labute approximate surface area is 129 Å². The second-order valence-corrected chi connectivity index (χ2v) is 5.80. The monoisotopic (exact) mass is 338 g/mol. The molecule has 1 aliphatic carbocycles. The third-order valence-corrected chi connectivity index (χ3v) is 3.76. The second kappa shape index (κ2) is 5.89. The minimum absolute atomic E-state index is 0.182. The summed E-state index contributed by atoms with van der Waals surface area (Å²) >= 11 is 10.6. The number of allylic oxidation sites excluding steroid dienone is 1. The molecule has 21 heavy (non-hydrogen) atoms. The minimum atomic E-state index is -4.11. The lowest BCUT2D eigenvalue weighted by Crippen LogP contribution is -2.32. The number of hydrogen-bond donors (Lipinski definition) is 0. The van der Waals surface area contributed by atoms with E-state index < -0.39 is 16.6 Å². The largest absolute Gasteiger partial charge is 0.444 e. The molecule has 1 fully saturated rings. The Kier molecular flexibility index (Phi) is 4.54. The van der Waals surface area contributed by atoms with E-state index in [1.54, 1.807) is 0 Å². The molecule has 2 rings (SSSR count). The zero-order valence-electron chi connectivity index (χ0n) is 10.7. The van der Waals surface area contributed by atoms with E-state index in [0.29, 0.717) is 18.4 Å². The molecule has 0 N–H and O–H groups in total. The molecule has 1 unspecified atom stereocenters. The van der Waals surface area contributed by atoms with Gasteiger partial charge in [0.15, 0.2) is 5.78 Å². The van der Waals surface area contributed by atoms with Gasteiger partial charge in [-0.15, -0.1) is 11.6 Å². The summed E-state index contributed by atoms with van der Waals surface area (Å²) in [6, 6.07) is 5.35. The first kappa shape index (κ1) is 16.2. The molecule has 7 heteroatoms. The van der Waals surface area contributed by atoms with Crippen LogP contribution in [0.15, 0.2) is 30.3 Å². The molecule has 114 valence electrons. The Hall–Kier alpha value is -1.20. The quantitative estimate of drug-likeness (QED) is 0.562. The lowest BCUT2D eigenvalue weighted by molar-refractivity contribution is -0.199. The van der Waals surface area contributed by atoms with E-state index in [1.165, 1.54) is 36.4 Å². The number of carbonyl (C=O) groups excluding carboxylic acids is 1. The number of ketones is 1. The molecule has 0 saturated heterocycles. The summed E-state index contributed by atoms with van der Waals surface area (Å²) in [6.07, 6.45) is 0.0731. The van der Waals surface area contributed by atoms with E-state index in [-0.39, 0.29) is 11.5 Å². The maximum Gasteiger partial charge on any atom is 0.444 e. The summed E-state index contributed by atoms with van der Waals surface area (Å²) in [6.45, 7) is 0. The average Bonchev–Trinajstić information content (AvgIpc) is 3.16. The molecule has 2 nitrogen and oxygen atoms in total. The van der Waals surface area contributed by atoms with Crippen molar-refractivity contribution in [2.45, 2.75) is 29.5 Å². The second-order valence-electron chi connectivity index (χ2n) is 4.70. The standard InChI is InChI=1S/C14H11Cl2F3O2/c15-12(17)14(18,19)21-10-4-1-9(2-5-10)3-6-11(20)13(16)7-8-13/h1-6,12H,7-8H2. The van der Waals surface area contributed by atoms with E-state index in [0.717, 1.165) is 0 Å². The van der Waals surface area contributed by atoms with Gasteiger partial charge in [0.2, 0.25) is 0 Å². The first-order valence-electron chi connectivity index (χ1n) is 6.09. The number of benzene rings is 1. The predicted octanol–water partition coefficient (Wildman–Crippen LogP) is 4.55. The van der Waals surface area contributed by atoms with Crippen molar-refractivity contribution < 1.29 is 22.7 Å². The molecule has 1 aliphatic rings. The van der Waals surface area contributed by atoms with Gasteiger partial charge < -0.3 is 4.74 Å². The van der Waals surface area contributed by atoms with Crippen LogP contribution in [0, 0.1) is 0 Å². The molecule has 0 bridgehead atoms. The summed E-state index contributed by atoms with van der Waals surface area (Å²) in [4.78, 5) is 10.9. The van der Waals surface area contributed by atoms with Gasteiger partial charge in [-0.05, 0) is 36.6 Å². The van der Waals surface area contributed by atoms with Gasteiger partial charge in [-0.2, -0.15) is 8.78 Å². The van der Waals surface area contributed by atoms with Gasteiger partial charge in [0.25, 0.3) is 5.63 Å². The van der Waals surface area contributed by atoms with Crippen LogP contribution in [0.3, 0.4) is 0 Å². The van der Waals surface area contributed by atoms with E-state index in [1.807, 2.05) is 0 Å². The summed E-state index contributed by atoms with van der Waals surface area (Å²) in [5.41, 5.74) is -2.34. The Morgan fingerprint density at radius 1 is 1.33 bits per heavy atom. The van der Waals surface area contributed by atoms with E-state index in [9.17, 15) is 18.0 Å². The summed E-state index contributed by atoms with van der Waals surface area (Å²) < 4.78 is 42.4. The lowest BCUT2D eigenvalue weighted by Gasteiger charge is -2.17. The van der Waals surface area contributed by atoms with Crippen LogP contribution in [0.25, 0.3) is 6.08 Å². The third-order valence-electron chi connectivity index (χ3n) is 2.95. The summed E-state index contributed by atoms with van der Waals surface area (Å²) in [5, 5.41) is 0. The van der Waals surface area contributed by atoms with Crippen molar-refractivity contribution in [1.82, 2.24) is 0 Å². The number of ether oxygens (including phenoxy) is 1. The van der Waals surface area contributed by atoms with Crippen molar-refractivity contribution in [1.29, 1.82) is 0 Å². The van der Waals surface area contributed by atoms with Crippen molar-refractivity contribution in [3.8, 4) is 5.75 Å². The highest BCUT2D eigenvalue weighted by Crippen LogP contribution is 2.43. The number of hydrogen-bond acceptors (Lipinski definition) is 2. The molecule has 0 aromatic heterocycles. The van der Waals surface area contributed by atoms with Crippen LogP contribution in [0.5, 0.6) is 5.75 Å². The molecule has 0 amide bonds. The van der Waals surface area contributed by atoms with Crippen LogP contribution in [-0.4, -0.2) is 22.4 Å². The fourth-order valence-corrected chi connectivity index (χ4v) is 1.73. The number of rotatable bonds is 6. The van der Waals surface area contributed by atoms with Crippen molar-refractivity contribution in [2.24, 2.45) is 0 Å². The summed E-state index contributed by atoms with van der Waals surface area (Å²) in [5.74, 6) is -0.416. The fraction of sp³-hybridized carbons (Fsp3) is 0.357. The normalized spacial score (nSPS) is 18.5. The Morgan fingerprint density at radius 3 is 2.38 bits per heavy atom. The lowest BCUT2D eigenvalue weighted by atomic mass is 10.1. The topological polar surface area (TPSA) is 26.3 Å². The molecule has 0 aliphatic heterocycles. The Balaban J connectivity index is 1.99. The highest BCUT2D eigenvalue weighted by atomic mass is 35.5. The molecule has 0 radical (unpaired) electrons. The van der Waals surface area contributed by atoms with E-state index >= 15 is 0 Å². The van der Waals surface area contributed by atoms with Crippen LogP contribution >= 0.6 is 23.2 Å². The van der Waals surface area contributed by atoms with Gasteiger partial charge in [-0.25, -0.2) is 4.39 Å². The first-order valence-corrected chi connectivity index (χ1v) is 6.91. The minimum Gasteiger partial charge on any atom is -0.429 e. The van der Waals surface area contributed by atoms with Crippen LogP contribution < -0.4 is 4.74 Å². The highest BCUT2D eigenvalue weighted by Gasteiger charge is 2.46. The van der Waals surface area contributed by atoms with Gasteiger partial charge in [0, 0.05) is 0 Å². The number of alkyl halides is 5. The zero-order valence-corrected chi connectivity index (χ0v) is 12.2. The fourth-order valence-electron chi connectivity index (χ4n) is 1.53. The maximum atomic E-state index is 12.9. The van der Waals surface area contributed by atoms with Crippen LogP contribution in [0.2, 0.25) is 0 Å². The molecule has 0 heterocycles. The number of carbonyl (C=O) groups is 1. The Morgan fingerprint density at radius 2 is 1.90 bits per heavy atom. The highest BCUT2D eigenvalue weighted by molar-refractivity contribution is 6.39. The van der Waals surface area contributed by atoms with Crippen LogP contribution in [0.4, 0.5) is 13.2 Å². The molecule has 1 aromatic rings. The van der Waals surface area contributed by atoms with Gasteiger partial charge in [-0.3, -0.25) is 4.79 Å². The molecular formula is C14H11Cl2F3O2. The van der Waals surface area contributed by atoms with Crippen molar-refractivity contribution in [3.63, 3.8) is 0 Å². The first-order chi connectivity index (χ1) is 9.73. The van der Waals surface area contributed by atoms with E-state index in [4.69, 9.17) is 11.6 Å². The van der Waals surface area contributed by atoms with Crippen LogP contribution in [-0.2, 0) is 4.79 Å². The predicted molar refractivity (Wildman–Crippen MR) is 74.6 cm³/mol. The zero-order chi connectivity index (χ0) is 15.7. The van der Waals surface area contributed by atoms with E-state index in [2.05, 4.69) is 16.3 Å². The smallest absolute Gasteiger partial charge is 0.429 e. The summed E-state index contributed by atoms with van der Waals surface area (Å²) in [7, 11) is 0. The SMILES string of the molecule is O=C(C=Cc1ccc(OC(F)(F)C(F)Cl)cc1)C1(Cl)CC1. The molecular weight excluding hydrogens is 328 g/mol. The Bertz CT molecular complexity index is 552. The van der Waals surface area contributed by atoms with Gasteiger partial charge >= 0.3 is 6.11 Å². The van der Waals surface area contributed by atoms with Gasteiger partial charge in [0.05, 0.1) is 0 Å². The van der Waals surface area contributed by atoms with Gasteiger partial charge in [-0.1, -0.05) is 29.8 Å². The van der Waals surface area contributed by atoms with Crippen molar-refractivity contribution in [3.05, 3.63) is 35.9 Å². The number of halogens is 5. The molecule has 1 saturated carbocycles. The molecule has 0 spiro atoms. The maximum absolute atomic E-state index is 12.9. The third kappa shape index (κ3) is 4.14. The average molecular weight is 339 g/mol. The molecule has 1 atom stereocenters. The van der Waals surface area contributed by atoms with Crippen molar-refractivity contribution in [2.75, 3.05) is 0 Å². The molecule has 1 aromatic carbocycles. The van der Waals surface area contributed by atoms with Gasteiger partial charge in [0.1, 0.15) is 10.6 Å². The van der Waals surface area contributed by atoms with Crippen molar-refractivity contribution >= 4 is 35.1 Å². The van der Waals surface area contributed by atoms with Crippen LogP contribution in [0.1, 0.15) is 18.4 Å².